The third kappa shape index (κ3) is 2.92. The maximum atomic E-state index is 12.1. The lowest BCUT2D eigenvalue weighted by Crippen LogP contribution is -2.05. The Morgan fingerprint density at radius 1 is 1.26 bits per heavy atom. The van der Waals surface area contributed by atoms with Crippen molar-refractivity contribution in [1.29, 1.82) is 0 Å². The molecule has 1 aliphatic carbocycles. The number of nitrogens with one attached hydrogen (secondary N) is 1. The van der Waals surface area contributed by atoms with E-state index in [4.69, 9.17) is 0 Å². The van der Waals surface area contributed by atoms with E-state index in [1.807, 2.05) is 18.2 Å². The number of ketones is 1. The Balaban J connectivity index is 1.57. The highest BCUT2D eigenvalue weighted by molar-refractivity contribution is 7.99. The Labute approximate surface area is 137 Å². The van der Waals surface area contributed by atoms with E-state index in [-0.39, 0.29) is 5.78 Å². The first-order valence-electron chi connectivity index (χ1n) is 7.47. The summed E-state index contributed by atoms with van der Waals surface area (Å²) in [5.41, 5.74) is 1.63. The van der Waals surface area contributed by atoms with Crippen LogP contribution in [0.15, 0.2) is 48.0 Å². The van der Waals surface area contributed by atoms with Gasteiger partial charge < -0.3 is 4.98 Å². The minimum absolute atomic E-state index is 0.0656. The largest absolute Gasteiger partial charge is 0.359 e. The number of aromatic nitrogens is 5. The van der Waals surface area contributed by atoms with E-state index in [0.29, 0.717) is 17.5 Å². The number of hydrogen-bond donors (Lipinski definition) is 1. The van der Waals surface area contributed by atoms with Gasteiger partial charge in [0.1, 0.15) is 0 Å². The van der Waals surface area contributed by atoms with Crippen LogP contribution in [0.3, 0.4) is 0 Å². The van der Waals surface area contributed by atoms with Gasteiger partial charge in [-0.05, 0) is 37.1 Å². The van der Waals surface area contributed by atoms with Crippen LogP contribution in [0, 0.1) is 0 Å². The molecular weight excluding hydrogens is 310 g/mol. The molecule has 0 atom stereocenters. The molecule has 0 amide bonds. The van der Waals surface area contributed by atoms with Gasteiger partial charge in [0, 0.05) is 30.2 Å². The van der Waals surface area contributed by atoms with Gasteiger partial charge in [0.15, 0.2) is 16.8 Å². The Kier molecular flexibility index (Phi) is 3.70. The molecule has 0 aliphatic heterocycles. The van der Waals surface area contributed by atoms with Gasteiger partial charge in [-0.25, -0.2) is 0 Å². The summed E-state index contributed by atoms with van der Waals surface area (Å²) in [6, 6.07) is 7.92. The molecule has 3 aromatic rings. The van der Waals surface area contributed by atoms with Crippen LogP contribution in [0.1, 0.15) is 29.4 Å². The number of thioether (sulfide) groups is 1. The molecule has 0 bridgehead atoms. The second kappa shape index (κ2) is 6.00. The zero-order valence-electron chi connectivity index (χ0n) is 12.3. The molecule has 0 aromatic carbocycles. The maximum Gasteiger partial charge on any atom is 0.192 e. The summed E-state index contributed by atoms with van der Waals surface area (Å²) in [6.07, 6.45) is 7.53. The lowest BCUT2D eigenvalue weighted by atomic mass is 10.2. The third-order valence-electron chi connectivity index (χ3n) is 3.75. The van der Waals surface area contributed by atoms with Crippen molar-refractivity contribution in [2.75, 3.05) is 5.75 Å². The molecule has 7 heteroatoms. The molecule has 0 spiro atoms. The molecular formula is C16H15N5OS. The highest BCUT2D eigenvalue weighted by Crippen LogP contribution is 2.41. The third-order valence-corrected chi connectivity index (χ3v) is 4.69. The number of pyridine rings is 1. The van der Waals surface area contributed by atoms with Crippen molar-refractivity contribution in [3.8, 4) is 11.4 Å². The van der Waals surface area contributed by atoms with Gasteiger partial charge in [-0.2, -0.15) is 0 Å². The van der Waals surface area contributed by atoms with Crippen molar-refractivity contribution in [2.24, 2.45) is 0 Å². The molecule has 3 aromatic heterocycles. The van der Waals surface area contributed by atoms with E-state index in [2.05, 4.69) is 24.7 Å². The SMILES string of the molecule is O=C(CSc1nnc(-c2ccncc2)n1C1CC1)c1ccc[nH]1. The molecule has 23 heavy (non-hydrogen) atoms. The molecule has 6 nitrogen and oxygen atoms in total. The van der Waals surface area contributed by atoms with Gasteiger partial charge >= 0.3 is 0 Å². The van der Waals surface area contributed by atoms with Crippen molar-refractivity contribution in [1.82, 2.24) is 24.7 Å². The van der Waals surface area contributed by atoms with Crippen molar-refractivity contribution in [3.05, 3.63) is 48.5 Å². The van der Waals surface area contributed by atoms with Gasteiger partial charge in [0.05, 0.1) is 11.4 Å². The van der Waals surface area contributed by atoms with E-state index in [1.165, 1.54) is 11.8 Å². The van der Waals surface area contributed by atoms with Crippen LogP contribution in [0.5, 0.6) is 0 Å². The summed E-state index contributed by atoms with van der Waals surface area (Å²) in [7, 11) is 0. The predicted molar refractivity (Wildman–Crippen MR) is 87.4 cm³/mol. The number of H-pyrrole nitrogens is 1. The maximum absolute atomic E-state index is 12.1. The summed E-state index contributed by atoms with van der Waals surface area (Å²) in [4.78, 5) is 19.1. The Morgan fingerprint density at radius 3 is 2.78 bits per heavy atom. The van der Waals surface area contributed by atoms with Crippen LogP contribution in [0.4, 0.5) is 0 Å². The molecule has 0 saturated heterocycles. The predicted octanol–water partition coefficient (Wildman–Crippen LogP) is 2.98. The number of aromatic amines is 1. The number of Topliss-reactive ketones (excluding diaryl/α,β-unsaturated/α-hetero) is 1. The second-order valence-electron chi connectivity index (χ2n) is 5.44. The van der Waals surface area contributed by atoms with E-state index >= 15 is 0 Å². The van der Waals surface area contributed by atoms with Crippen molar-refractivity contribution in [3.63, 3.8) is 0 Å². The monoisotopic (exact) mass is 325 g/mol. The average molecular weight is 325 g/mol. The lowest BCUT2D eigenvalue weighted by Gasteiger charge is -2.08. The van der Waals surface area contributed by atoms with Gasteiger partial charge in [-0.1, -0.05) is 11.8 Å². The van der Waals surface area contributed by atoms with Crippen molar-refractivity contribution < 1.29 is 4.79 Å². The van der Waals surface area contributed by atoms with E-state index in [9.17, 15) is 4.79 Å². The number of nitrogens with zero attached hydrogens (tertiary/aromatic N) is 4. The second-order valence-corrected chi connectivity index (χ2v) is 6.38. The molecule has 0 unspecified atom stereocenters. The van der Waals surface area contributed by atoms with Crippen molar-refractivity contribution in [2.45, 2.75) is 24.0 Å². The van der Waals surface area contributed by atoms with Crippen LogP contribution in [-0.2, 0) is 0 Å². The highest BCUT2D eigenvalue weighted by Gasteiger charge is 2.30. The highest BCUT2D eigenvalue weighted by atomic mass is 32.2. The topological polar surface area (TPSA) is 76.5 Å². The molecule has 0 radical (unpaired) electrons. The Bertz CT molecular complexity index is 808. The molecule has 4 rings (SSSR count). The fourth-order valence-corrected chi connectivity index (χ4v) is 3.34. The van der Waals surface area contributed by atoms with Gasteiger partial charge in [-0.3, -0.25) is 14.3 Å². The molecule has 116 valence electrons. The summed E-state index contributed by atoms with van der Waals surface area (Å²) < 4.78 is 2.15. The zero-order chi connectivity index (χ0) is 15.6. The van der Waals surface area contributed by atoms with Crippen LogP contribution < -0.4 is 0 Å². The molecule has 1 saturated carbocycles. The number of rotatable bonds is 6. The lowest BCUT2D eigenvalue weighted by molar-refractivity contribution is 0.101. The van der Waals surface area contributed by atoms with E-state index in [0.717, 1.165) is 29.4 Å². The zero-order valence-corrected chi connectivity index (χ0v) is 13.2. The first-order chi connectivity index (χ1) is 11.3. The fraction of sp³-hybridized carbons (Fsp3) is 0.250. The summed E-state index contributed by atoms with van der Waals surface area (Å²) in [6.45, 7) is 0. The van der Waals surface area contributed by atoms with E-state index < -0.39 is 0 Å². The summed E-state index contributed by atoms with van der Waals surface area (Å²) in [5.74, 6) is 1.27. The number of carbonyl (C=O) groups is 1. The molecule has 1 N–H and O–H groups in total. The fourth-order valence-electron chi connectivity index (χ4n) is 2.45. The summed E-state index contributed by atoms with van der Waals surface area (Å²) >= 11 is 1.44. The molecule has 1 fully saturated rings. The minimum Gasteiger partial charge on any atom is -0.359 e. The molecule has 1 aliphatic rings. The van der Waals surface area contributed by atoms with Gasteiger partial charge in [-0.15, -0.1) is 10.2 Å². The normalized spacial score (nSPS) is 14.1. The smallest absolute Gasteiger partial charge is 0.192 e. The van der Waals surface area contributed by atoms with E-state index in [1.54, 1.807) is 24.7 Å². The number of carbonyl (C=O) groups excluding carboxylic acids is 1. The first-order valence-corrected chi connectivity index (χ1v) is 8.46. The Hall–Kier alpha value is -2.41. The first kappa shape index (κ1) is 14.2. The van der Waals surface area contributed by atoms with Gasteiger partial charge in [0.2, 0.25) is 0 Å². The average Bonchev–Trinajstić information content (AvgIpc) is 3.12. The number of hydrogen-bond acceptors (Lipinski definition) is 5. The summed E-state index contributed by atoms with van der Waals surface area (Å²) in [5, 5.41) is 9.44. The van der Waals surface area contributed by atoms with Crippen molar-refractivity contribution >= 4 is 17.5 Å². The van der Waals surface area contributed by atoms with Crippen LogP contribution in [0.2, 0.25) is 0 Å². The Morgan fingerprint density at radius 2 is 2.09 bits per heavy atom. The van der Waals surface area contributed by atoms with Crippen LogP contribution in [0.25, 0.3) is 11.4 Å². The molecule has 3 heterocycles. The van der Waals surface area contributed by atoms with Crippen LogP contribution >= 0.6 is 11.8 Å². The quantitative estimate of drug-likeness (QED) is 0.557. The van der Waals surface area contributed by atoms with Gasteiger partial charge in [0.25, 0.3) is 0 Å². The van der Waals surface area contributed by atoms with Crippen LogP contribution in [-0.4, -0.2) is 36.3 Å². The standard InChI is InChI=1S/C16H15N5OS/c22-14(13-2-1-7-18-13)10-23-16-20-19-15(21(16)12-3-4-12)11-5-8-17-9-6-11/h1-2,5-9,12,18H,3-4,10H2. The minimum atomic E-state index is 0.0656.